The Morgan fingerprint density at radius 1 is 1.11 bits per heavy atom. The van der Waals surface area contributed by atoms with Gasteiger partial charge in [-0.25, -0.2) is 0 Å². The molecule has 0 saturated heterocycles. The summed E-state index contributed by atoms with van der Waals surface area (Å²) in [6.07, 6.45) is -4.60. The van der Waals surface area contributed by atoms with Gasteiger partial charge in [-0.05, 0) is 24.3 Å². The molecular formula is C15H12ClF3N2O6S. The summed E-state index contributed by atoms with van der Waals surface area (Å²) in [6.45, 7) is 0. The van der Waals surface area contributed by atoms with Crippen molar-refractivity contribution in [3.05, 3.63) is 57.1 Å². The summed E-state index contributed by atoms with van der Waals surface area (Å²) < 4.78 is 72.5. The van der Waals surface area contributed by atoms with Crippen LogP contribution in [0.4, 0.5) is 18.9 Å². The number of benzene rings is 2. The Bertz CT molecular complexity index is 1010. The van der Waals surface area contributed by atoms with Gasteiger partial charge in [0.15, 0.2) is 0 Å². The molecule has 0 aliphatic heterocycles. The number of ether oxygens (including phenoxy) is 1. The average molecular weight is 441 g/mol. The summed E-state index contributed by atoms with van der Waals surface area (Å²) in [4.78, 5) is 10.2. The zero-order valence-electron chi connectivity index (χ0n) is 14.2. The maximum Gasteiger partial charge on any atom is 0.416 e. The van der Waals surface area contributed by atoms with Gasteiger partial charge in [-0.2, -0.15) is 25.9 Å². The fraction of sp³-hybridized carbons (Fsp3) is 0.200. The first-order valence-corrected chi connectivity index (χ1v) is 9.00. The molecule has 0 unspecified atom stereocenters. The number of hydrogen-bond donors (Lipinski definition) is 0. The first kappa shape index (κ1) is 21.7. The molecular weight excluding hydrogens is 429 g/mol. The second-order valence-electron chi connectivity index (χ2n) is 5.46. The van der Waals surface area contributed by atoms with E-state index in [4.69, 9.17) is 20.5 Å². The van der Waals surface area contributed by atoms with Gasteiger partial charge in [-0.3, -0.25) is 10.1 Å². The largest absolute Gasteiger partial charge is 0.456 e. The van der Waals surface area contributed by atoms with Gasteiger partial charge in [0.05, 0.1) is 15.5 Å². The SMILES string of the molecule is CN(C)S(=O)(=O)Oc1cc(Oc2ccc(C(F)(F)F)cc2Cl)ccc1[N+](=O)[O-]. The lowest BCUT2D eigenvalue weighted by molar-refractivity contribution is -0.385. The predicted octanol–water partition coefficient (Wildman–Crippen LogP) is 4.24. The second-order valence-corrected chi connectivity index (χ2v) is 7.61. The van der Waals surface area contributed by atoms with Crippen molar-refractivity contribution in [2.45, 2.75) is 6.18 Å². The van der Waals surface area contributed by atoms with E-state index in [-0.39, 0.29) is 16.5 Å². The van der Waals surface area contributed by atoms with E-state index in [2.05, 4.69) is 0 Å². The Kier molecular flexibility index (Phi) is 6.06. The summed E-state index contributed by atoms with van der Waals surface area (Å²) in [6, 6.07) is 5.29. The highest BCUT2D eigenvalue weighted by Crippen LogP contribution is 2.38. The fourth-order valence-electron chi connectivity index (χ4n) is 1.85. The van der Waals surface area contributed by atoms with Gasteiger partial charge in [0.1, 0.15) is 11.5 Å². The third-order valence-electron chi connectivity index (χ3n) is 3.26. The highest BCUT2D eigenvalue weighted by atomic mass is 35.5. The maximum absolute atomic E-state index is 12.7. The minimum absolute atomic E-state index is 0.142. The molecule has 2 rings (SSSR count). The molecule has 8 nitrogen and oxygen atoms in total. The van der Waals surface area contributed by atoms with Crippen LogP contribution >= 0.6 is 11.6 Å². The van der Waals surface area contributed by atoms with Crippen molar-refractivity contribution < 1.29 is 35.4 Å². The van der Waals surface area contributed by atoms with Crippen molar-refractivity contribution in [2.75, 3.05) is 14.1 Å². The third-order valence-corrected chi connectivity index (χ3v) is 4.84. The molecule has 0 aliphatic rings. The average Bonchev–Trinajstić information content (AvgIpc) is 2.55. The van der Waals surface area contributed by atoms with E-state index >= 15 is 0 Å². The van der Waals surface area contributed by atoms with E-state index in [1.54, 1.807) is 0 Å². The lowest BCUT2D eigenvalue weighted by Gasteiger charge is -2.14. The molecule has 0 radical (unpaired) electrons. The molecule has 152 valence electrons. The first-order valence-electron chi connectivity index (χ1n) is 7.26. The molecule has 2 aromatic carbocycles. The zero-order valence-corrected chi connectivity index (χ0v) is 15.8. The quantitative estimate of drug-likeness (QED) is 0.492. The highest BCUT2D eigenvalue weighted by Gasteiger charge is 2.31. The number of nitro groups is 1. The van der Waals surface area contributed by atoms with Crippen LogP contribution in [0.5, 0.6) is 17.2 Å². The van der Waals surface area contributed by atoms with Gasteiger partial charge in [0.25, 0.3) is 0 Å². The summed E-state index contributed by atoms with van der Waals surface area (Å²) in [5.41, 5.74) is -1.65. The Morgan fingerprint density at radius 2 is 1.75 bits per heavy atom. The maximum atomic E-state index is 12.7. The molecule has 0 N–H and O–H groups in total. The number of nitrogens with zero attached hydrogens (tertiary/aromatic N) is 2. The Morgan fingerprint density at radius 3 is 2.25 bits per heavy atom. The van der Waals surface area contributed by atoms with E-state index in [0.717, 1.165) is 44.4 Å². The first-order chi connectivity index (χ1) is 12.8. The van der Waals surface area contributed by atoms with Crippen LogP contribution in [0, 0.1) is 10.1 Å². The Labute approximate surface area is 162 Å². The van der Waals surface area contributed by atoms with Crippen molar-refractivity contribution in [1.82, 2.24) is 4.31 Å². The predicted molar refractivity (Wildman–Crippen MR) is 92.9 cm³/mol. The fourth-order valence-corrected chi connectivity index (χ4v) is 2.58. The van der Waals surface area contributed by atoms with E-state index in [0.29, 0.717) is 10.4 Å². The molecule has 0 heterocycles. The molecule has 0 atom stereocenters. The van der Waals surface area contributed by atoms with Gasteiger partial charge in [-0.15, -0.1) is 0 Å². The van der Waals surface area contributed by atoms with Crippen molar-refractivity contribution in [2.24, 2.45) is 0 Å². The molecule has 0 aliphatic carbocycles. The topological polar surface area (TPSA) is 99.0 Å². The lowest BCUT2D eigenvalue weighted by atomic mass is 10.2. The molecule has 0 amide bonds. The van der Waals surface area contributed by atoms with Crippen LogP contribution in [0.3, 0.4) is 0 Å². The molecule has 0 aromatic heterocycles. The number of alkyl halides is 3. The van der Waals surface area contributed by atoms with Gasteiger partial charge >= 0.3 is 22.2 Å². The Hall–Kier alpha value is -2.57. The summed E-state index contributed by atoms with van der Waals surface area (Å²) in [5, 5.41) is 10.7. The van der Waals surface area contributed by atoms with Crippen LogP contribution in [0.25, 0.3) is 0 Å². The van der Waals surface area contributed by atoms with Crippen molar-refractivity contribution in [3.8, 4) is 17.2 Å². The van der Waals surface area contributed by atoms with Crippen LogP contribution in [-0.2, 0) is 16.5 Å². The summed E-state index contributed by atoms with van der Waals surface area (Å²) >= 11 is 5.79. The van der Waals surface area contributed by atoms with Crippen LogP contribution in [0.15, 0.2) is 36.4 Å². The van der Waals surface area contributed by atoms with E-state index in [9.17, 15) is 31.7 Å². The minimum Gasteiger partial charge on any atom is -0.456 e. The molecule has 13 heteroatoms. The summed E-state index contributed by atoms with van der Waals surface area (Å²) in [7, 11) is -1.99. The number of hydrogen-bond acceptors (Lipinski definition) is 6. The number of halogens is 4. The summed E-state index contributed by atoms with van der Waals surface area (Å²) in [5.74, 6) is -0.958. The molecule has 2 aromatic rings. The second kappa shape index (κ2) is 7.81. The highest BCUT2D eigenvalue weighted by molar-refractivity contribution is 7.84. The van der Waals surface area contributed by atoms with Crippen LogP contribution in [0.1, 0.15) is 5.56 Å². The monoisotopic (exact) mass is 440 g/mol. The van der Waals surface area contributed by atoms with Crippen molar-refractivity contribution in [3.63, 3.8) is 0 Å². The van der Waals surface area contributed by atoms with E-state index < -0.39 is 38.4 Å². The zero-order chi connectivity index (χ0) is 21.3. The van der Waals surface area contributed by atoms with Crippen LogP contribution < -0.4 is 8.92 Å². The van der Waals surface area contributed by atoms with E-state index in [1.807, 2.05) is 0 Å². The molecule has 0 bridgehead atoms. The molecule has 0 fully saturated rings. The lowest BCUT2D eigenvalue weighted by Crippen LogP contribution is -2.27. The van der Waals surface area contributed by atoms with Crippen LogP contribution in [0.2, 0.25) is 5.02 Å². The third kappa shape index (κ3) is 5.03. The number of nitro benzene ring substituents is 1. The van der Waals surface area contributed by atoms with Crippen molar-refractivity contribution in [1.29, 1.82) is 0 Å². The smallest absolute Gasteiger partial charge is 0.416 e. The minimum atomic E-state index is -4.60. The van der Waals surface area contributed by atoms with Gasteiger partial charge in [0, 0.05) is 26.2 Å². The molecule has 0 saturated carbocycles. The normalized spacial score (nSPS) is 12.1. The van der Waals surface area contributed by atoms with E-state index in [1.165, 1.54) is 0 Å². The number of rotatable bonds is 6. The van der Waals surface area contributed by atoms with Gasteiger partial charge in [0.2, 0.25) is 5.75 Å². The molecule has 28 heavy (non-hydrogen) atoms. The van der Waals surface area contributed by atoms with Gasteiger partial charge < -0.3 is 8.92 Å². The standard InChI is InChI=1S/C15H12ClF3N2O6S/c1-20(2)28(24,25)27-14-8-10(4-5-12(14)21(22)23)26-13-6-3-9(7-11(13)16)15(17,18)19/h3-8H,1-2H3. The Balaban J connectivity index is 2.40. The molecule has 0 spiro atoms. The van der Waals surface area contributed by atoms with Gasteiger partial charge in [-0.1, -0.05) is 11.6 Å². The van der Waals surface area contributed by atoms with Crippen LogP contribution in [-0.4, -0.2) is 31.7 Å². The van der Waals surface area contributed by atoms with Crippen molar-refractivity contribution >= 4 is 27.6 Å².